The van der Waals surface area contributed by atoms with E-state index in [1.165, 1.54) is 24.0 Å². The largest absolute Gasteiger partial charge is 0.492 e. The van der Waals surface area contributed by atoms with Crippen LogP contribution in [0.25, 0.3) is 11.1 Å². The van der Waals surface area contributed by atoms with E-state index in [9.17, 15) is 4.79 Å². The van der Waals surface area contributed by atoms with Crippen LogP contribution in [0.3, 0.4) is 0 Å². The molecule has 3 heterocycles. The molecule has 35 heavy (non-hydrogen) atoms. The summed E-state index contributed by atoms with van der Waals surface area (Å²) >= 11 is 0. The Balaban J connectivity index is 1.09. The zero-order chi connectivity index (χ0) is 23.9. The predicted molar refractivity (Wildman–Crippen MR) is 137 cm³/mol. The molecule has 7 heteroatoms. The van der Waals surface area contributed by atoms with E-state index in [2.05, 4.69) is 58.4 Å². The first-order chi connectivity index (χ1) is 17.2. The van der Waals surface area contributed by atoms with Crippen LogP contribution in [0.1, 0.15) is 24.8 Å². The van der Waals surface area contributed by atoms with Gasteiger partial charge in [-0.2, -0.15) is 0 Å². The van der Waals surface area contributed by atoms with Gasteiger partial charge in [-0.3, -0.25) is 4.90 Å². The summed E-state index contributed by atoms with van der Waals surface area (Å²) in [6, 6.07) is 17.4. The van der Waals surface area contributed by atoms with Crippen LogP contribution >= 0.6 is 0 Å². The summed E-state index contributed by atoms with van der Waals surface area (Å²) in [7, 11) is 0. The van der Waals surface area contributed by atoms with Crippen LogP contribution in [0.2, 0.25) is 0 Å². The molecule has 184 valence electrons. The Bertz CT molecular complexity index is 1080. The van der Waals surface area contributed by atoms with Gasteiger partial charge in [-0.25, -0.2) is 4.79 Å². The number of hydrogen-bond donors (Lipinski definition) is 3. The highest BCUT2D eigenvalue weighted by molar-refractivity contribution is 5.72. The smallest absolute Gasteiger partial charge is 0.415 e. The molecule has 2 atom stereocenters. The van der Waals surface area contributed by atoms with Crippen molar-refractivity contribution in [1.82, 2.24) is 20.9 Å². The Kier molecular flexibility index (Phi) is 7.66. The molecule has 0 aromatic heterocycles. The van der Waals surface area contributed by atoms with Crippen molar-refractivity contribution in [3.8, 4) is 16.9 Å². The van der Waals surface area contributed by atoms with Gasteiger partial charge in [-0.1, -0.05) is 42.5 Å². The predicted octanol–water partition coefficient (Wildman–Crippen LogP) is 3.79. The number of nitrogens with one attached hydrogen (secondary N) is 3. The molecule has 3 N–H and O–H groups in total. The fourth-order valence-electron chi connectivity index (χ4n) is 4.72. The SMILES string of the molecule is O=C1O[C@@H](CCNCc2cccc(-c3cccc(OC[C@@H]4CCCN4)c3)c2)CN1C1=CC=CCN1. The number of dihydropyridines is 1. The third kappa shape index (κ3) is 6.24. The minimum absolute atomic E-state index is 0.0999. The van der Waals surface area contributed by atoms with Gasteiger partial charge in [0.25, 0.3) is 0 Å². The summed E-state index contributed by atoms with van der Waals surface area (Å²) in [4.78, 5) is 13.9. The average Bonchev–Trinajstić information content (AvgIpc) is 3.56. The number of benzene rings is 2. The maximum absolute atomic E-state index is 12.2. The third-order valence-electron chi connectivity index (χ3n) is 6.64. The van der Waals surface area contributed by atoms with Crippen molar-refractivity contribution in [3.63, 3.8) is 0 Å². The van der Waals surface area contributed by atoms with Crippen molar-refractivity contribution in [2.24, 2.45) is 0 Å². The second kappa shape index (κ2) is 11.4. The summed E-state index contributed by atoms with van der Waals surface area (Å²) in [5.74, 6) is 1.73. The molecule has 3 aliphatic rings. The molecule has 0 spiro atoms. The van der Waals surface area contributed by atoms with Crippen molar-refractivity contribution in [2.45, 2.75) is 38.0 Å². The Morgan fingerprint density at radius 1 is 1.14 bits per heavy atom. The lowest BCUT2D eigenvalue weighted by atomic mass is 10.0. The number of ether oxygens (including phenoxy) is 2. The van der Waals surface area contributed by atoms with Crippen molar-refractivity contribution in [2.75, 3.05) is 32.8 Å². The molecule has 2 aromatic carbocycles. The minimum atomic E-state index is -0.275. The maximum atomic E-state index is 12.2. The molecule has 0 aliphatic carbocycles. The zero-order valence-electron chi connectivity index (χ0n) is 20.0. The van der Waals surface area contributed by atoms with Gasteiger partial charge >= 0.3 is 6.09 Å². The minimum Gasteiger partial charge on any atom is -0.492 e. The van der Waals surface area contributed by atoms with Crippen LogP contribution in [-0.4, -0.2) is 55.9 Å². The van der Waals surface area contributed by atoms with Crippen LogP contribution < -0.4 is 20.7 Å². The monoisotopic (exact) mass is 474 g/mol. The van der Waals surface area contributed by atoms with Gasteiger partial charge in [0.05, 0.1) is 6.54 Å². The van der Waals surface area contributed by atoms with Gasteiger partial charge in [0.15, 0.2) is 0 Å². The summed E-state index contributed by atoms with van der Waals surface area (Å²) in [5, 5.41) is 10.2. The van der Waals surface area contributed by atoms with Gasteiger partial charge in [0.1, 0.15) is 24.3 Å². The number of carbonyl (C=O) groups is 1. The maximum Gasteiger partial charge on any atom is 0.415 e. The molecule has 0 saturated carbocycles. The molecular weight excluding hydrogens is 440 g/mol. The highest BCUT2D eigenvalue weighted by Crippen LogP contribution is 2.25. The van der Waals surface area contributed by atoms with E-state index in [1.54, 1.807) is 4.90 Å². The number of rotatable bonds is 10. The first kappa shape index (κ1) is 23.5. The summed E-state index contributed by atoms with van der Waals surface area (Å²) in [5.41, 5.74) is 3.55. The Hall–Kier alpha value is -3.29. The van der Waals surface area contributed by atoms with Gasteiger partial charge in [-0.15, -0.1) is 0 Å². The van der Waals surface area contributed by atoms with E-state index in [1.807, 2.05) is 24.3 Å². The van der Waals surface area contributed by atoms with Gasteiger partial charge < -0.3 is 25.4 Å². The topological polar surface area (TPSA) is 74.9 Å². The standard InChI is InChI=1S/C28H34N4O3/c33-28-32(27-11-1-2-13-31-27)19-26(35-28)12-15-29-18-21-6-3-7-22(16-21)23-8-4-10-25(17-23)34-20-24-9-5-14-30-24/h1-4,6-8,10-11,16-17,24,26,29-31H,5,9,12-15,18-20H2/t24-,26-/m0/s1. The molecule has 0 radical (unpaired) electrons. The second-order valence-electron chi connectivity index (χ2n) is 9.28. The fourth-order valence-corrected chi connectivity index (χ4v) is 4.72. The third-order valence-corrected chi connectivity index (χ3v) is 6.64. The normalized spacial score (nSPS) is 21.5. The summed E-state index contributed by atoms with van der Waals surface area (Å²) in [6.45, 7) is 4.66. The van der Waals surface area contributed by atoms with Crippen LogP contribution in [-0.2, 0) is 11.3 Å². The van der Waals surface area contributed by atoms with E-state index < -0.39 is 0 Å². The summed E-state index contributed by atoms with van der Waals surface area (Å²) < 4.78 is 11.6. The van der Waals surface area contributed by atoms with Gasteiger partial charge in [0.2, 0.25) is 0 Å². The van der Waals surface area contributed by atoms with E-state index in [4.69, 9.17) is 9.47 Å². The number of allylic oxidation sites excluding steroid dienone is 2. The molecule has 7 nitrogen and oxygen atoms in total. The number of amides is 1. The first-order valence-corrected chi connectivity index (χ1v) is 12.6. The number of nitrogens with zero attached hydrogens (tertiary/aromatic N) is 1. The highest BCUT2D eigenvalue weighted by Gasteiger charge is 2.33. The molecule has 1 amide bonds. The lowest BCUT2D eigenvalue weighted by Gasteiger charge is -2.19. The second-order valence-corrected chi connectivity index (χ2v) is 9.28. The lowest BCUT2D eigenvalue weighted by Crippen LogP contribution is -2.34. The molecule has 2 aromatic rings. The van der Waals surface area contributed by atoms with Crippen molar-refractivity contribution in [3.05, 3.63) is 78.1 Å². The highest BCUT2D eigenvalue weighted by atomic mass is 16.6. The molecule has 0 unspecified atom stereocenters. The molecule has 5 rings (SSSR count). The number of hydrogen-bond acceptors (Lipinski definition) is 6. The van der Waals surface area contributed by atoms with Crippen molar-refractivity contribution >= 4 is 6.09 Å². The quantitative estimate of drug-likeness (QED) is 0.455. The first-order valence-electron chi connectivity index (χ1n) is 12.6. The lowest BCUT2D eigenvalue weighted by molar-refractivity contribution is 0.130. The van der Waals surface area contributed by atoms with Crippen LogP contribution in [0.4, 0.5) is 4.79 Å². The Labute approximate surface area is 207 Å². The van der Waals surface area contributed by atoms with Crippen LogP contribution in [0.5, 0.6) is 5.75 Å². The molecule has 2 fully saturated rings. The Morgan fingerprint density at radius 2 is 2.03 bits per heavy atom. The number of cyclic esters (lactones) is 1. The van der Waals surface area contributed by atoms with Crippen molar-refractivity contribution in [1.29, 1.82) is 0 Å². The number of carbonyl (C=O) groups excluding carboxylic acids is 1. The molecular formula is C28H34N4O3. The zero-order valence-corrected chi connectivity index (χ0v) is 20.0. The van der Waals surface area contributed by atoms with Crippen LogP contribution in [0, 0.1) is 0 Å². The molecule has 2 saturated heterocycles. The van der Waals surface area contributed by atoms with E-state index in [-0.39, 0.29) is 12.2 Å². The summed E-state index contributed by atoms with van der Waals surface area (Å²) in [6.07, 6.45) is 8.70. The fraction of sp³-hybridized carbons (Fsp3) is 0.393. The van der Waals surface area contributed by atoms with E-state index in [0.717, 1.165) is 49.7 Å². The average molecular weight is 475 g/mol. The molecule has 0 bridgehead atoms. The van der Waals surface area contributed by atoms with Crippen molar-refractivity contribution < 1.29 is 14.3 Å². The van der Waals surface area contributed by atoms with Gasteiger partial charge in [0, 0.05) is 19.1 Å². The van der Waals surface area contributed by atoms with E-state index >= 15 is 0 Å². The Morgan fingerprint density at radius 3 is 2.86 bits per heavy atom. The molecule has 3 aliphatic heterocycles. The van der Waals surface area contributed by atoms with Gasteiger partial charge in [-0.05, 0) is 73.3 Å². The van der Waals surface area contributed by atoms with E-state index in [0.29, 0.717) is 19.2 Å². The van der Waals surface area contributed by atoms with Crippen LogP contribution in [0.15, 0.2) is 72.6 Å².